The van der Waals surface area contributed by atoms with Gasteiger partial charge in [0.2, 0.25) is 5.91 Å². The number of piperidine rings is 1. The van der Waals surface area contributed by atoms with Gasteiger partial charge in [-0.15, -0.1) is 0 Å². The summed E-state index contributed by atoms with van der Waals surface area (Å²) in [5.41, 5.74) is 12.6. The van der Waals surface area contributed by atoms with Crippen molar-refractivity contribution < 1.29 is 4.79 Å². The molecule has 0 bridgehead atoms. The number of nitrogens with zero attached hydrogens (tertiary/aromatic N) is 3. The maximum absolute atomic E-state index is 12.5. The van der Waals surface area contributed by atoms with Crippen molar-refractivity contribution in [2.45, 2.75) is 37.6 Å². The summed E-state index contributed by atoms with van der Waals surface area (Å²) in [5.74, 6) is 1.74. The summed E-state index contributed by atoms with van der Waals surface area (Å²) in [6.07, 6.45) is 5.08. The van der Waals surface area contributed by atoms with Crippen molar-refractivity contribution in [2.24, 2.45) is 0 Å². The predicted octanol–water partition coefficient (Wildman–Crippen LogP) is 0.762. The normalized spacial score (nSPS) is 18.1. The predicted molar refractivity (Wildman–Crippen MR) is 106 cm³/mol. The standard InChI is InChI=1S/C18H28N8O/c1-12(24-17-15(19)16(20)22-11-23-17)4-3-5-14(27)26-8-6-18(7-9-26)10-21-13(2)25-18/h11,21,25H,1-10,19H2,(H3,20,22,23,24). The molecule has 146 valence electrons. The largest absolute Gasteiger partial charge is 0.393 e. The highest BCUT2D eigenvalue weighted by Crippen LogP contribution is 2.26. The Balaban J connectivity index is 1.39. The van der Waals surface area contributed by atoms with Crippen LogP contribution in [-0.4, -0.2) is 45.9 Å². The van der Waals surface area contributed by atoms with Crippen LogP contribution in [0.5, 0.6) is 0 Å². The zero-order valence-electron chi connectivity index (χ0n) is 15.6. The van der Waals surface area contributed by atoms with Crippen molar-refractivity contribution in [3.05, 3.63) is 31.0 Å². The van der Waals surface area contributed by atoms with Gasteiger partial charge >= 0.3 is 0 Å². The van der Waals surface area contributed by atoms with Gasteiger partial charge in [0, 0.05) is 31.8 Å². The van der Waals surface area contributed by atoms with Gasteiger partial charge in [-0.2, -0.15) is 0 Å². The minimum atomic E-state index is 0.0609. The Kier molecular flexibility index (Phi) is 5.38. The molecule has 0 aromatic carbocycles. The number of carbonyl (C=O) groups is 1. The molecule has 2 fully saturated rings. The van der Waals surface area contributed by atoms with E-state index in [1.165, 1.54) is 6.33 Å². The summed E-state index contributed by atoms with van der Waals surface area (Å²) in [6, 6.07) is 0. The van der Waals surface area contributed by atoms with Crippen molar-refractivity contribution >= 4 is 23.2 Å². The lowest BCUT2D eigenvalue weighted by atomic mass is 9.88. The average Bonchev–Trinajstić information content (AvgIpc) is 2.99. The Hall–Kier alpha value is -2.97. The molecule has 0 radical (unpaired) electrons. The van der Waals surface area contributed by atoms with Crippen LogP contribution in [-0.2, 0) is 4.79 Å². The lowest BCUT2D eigenvalue weighted by Crippen LogP contribution is -2.53. The van der Waals surface area contributed by atoms with Gasteiger partial charge in [-0.1, -0.05) is 13.2 Å². The molecule has 2 aliphatic heterocycles. The maximum atomic E-state index is 12.5. The summed E-state index contributed by atoms with van der Waals surface area (Å²) >= 11 is 0. The molecule has 1 spiro atoms. The van der Waals surface area contributed by atoms with Gasteiger partial charge in [-0.25, -0.2) is 9.97 Å². The van der Waals surface area contributed by atoms with E-state index >= 15 is 0 Å². The molecule has 0 saturated carbocycles. The highest BCUT2D eigenvalue weighted by molar-refractivity contribution is 5.76. The molecule has 0 atom stereocenters. The highest BCUT2D eigenvalue weighted by atomic mass is 16.2. The van der Waals surface area contributed by atoms with Gasteiger partial charge in [0.15, 0.2) is 11.6 Å². The molecule has 9 heteroatoms. The molecule has 27 heavy (non-hydrogen) atoms. The number of hydrogen-bond acceptors (Lipinski definition) is 8. The topological polar surface area (TPSA) is 134 Å². The van der Waals surface area contributed by atoms with Crippen molar-refractivity contribution in [3.63, 3.8) is 0 Å². The van der Waals surface area contributed by atoms with Gasteiger partial charge in [-0.3, -0.25) is 4.79 Å². The first-order chi connectivity index (χ1) is 12.9. The van der Waals surface area contributed by atoms with E-state index in [-0.39, 0.29) is 17.3 Å². The molecule has 9 nitrogen and oxygen atoms in total. The van der Waals surface area contributed by atoms with Crippen molar-refractivity contribution in [3.8, 4) is 0 Å². The second kappa shape index (κ2) is 7.73. The fourth-order valence-corrected chi connectivity index (χ4v) is 3.52. The van der Waals surface area contributed by atoms with Gasteiger partial charge in [0.1, 0.15) is 12.0 Å². The van der Waals surface area contributed by atoms with E-state index in [4.69, 9.17) is 11.5 Å². The van der Waals surface area contributed by atoms with Crippen molar-refractivity contribution in [1.82, 2.24) is 25.5 Å². The lowest BCUT2D eigenvalue weighted by molar-refractivity contribution is -0.132. The second-order valence-corrected chi connectivity index (χ2v) is 7.22. The van der Waals surface area contributed by atoms with E-state index in [9.17, 15) is 4.79 Å². The van der Waals surface area contributed by atoms with E-state index in [0.717, 1.165) is 44.0 Å². The third-order valence-electron chi connectivity index (χ3n) is 5.21. The van der Waals surface area contributed by atoms with Crippen LogP contribution in [0.4, 0.5) is 17.3 Å². The number of aromatic nitrogens is 2. The fourth-order valence-electron chi connectivity index (χ4n) is 3.52. The molecule has 1 aromatic rings. The number of nitrogen functional groups attached to an aromatic ring is 2. The number of amides is 1. The Morgan fingerprint density at radius 3 is 2.70 bits per heavy atom. The quantitative estimate of drug-likeness (QED) is 0.494. The fraction of sp³-hybridized carbons (Fsp3) is 0.500. The summed E-state index contributed by atoms with van der Waals surface area (Å²) in [7, 11) is 0. The zero-order valence-corrected chi connectivity index (χ0v) is 15.6. The molecule has 3 heterocycles. The van der Waals surface area contributed by atoms with Crippen molar-refractivity contribution in [1.29, 1.82) is 0 Å². The maximum Gasteiger partial charge on any atom is 0.222 e. The van der Waals surface area contributed by atoms with Gasteiger partial charge in [-0.05, 0) is 25.7 Å². The number of hydrogen-bond donors (Lipinski definition) is 5. The number of nitrogens with one attached hydrogen (secondary N) is 3. The minimum absolute atomic E-state index is 0.0609. The average molecular weight is 372 g/mol. The third-order valence-corrected chi connectivity index (χ3v) is 5.21. The summed E-state index contributed by atoms with van der Waals surface area (Å²) in [4.78, 5) is 22.3. The molecule has 0 unspecified atom stereocenters. The van der Waals surface area contributed by atoms with E-state index in [1.54, 1.807) is 0 Å². The Morgan fingerprint density at radius 2 is 2.04 bits per heavy atom. The van der Waals surface area contributed by atoms with Crippen LogP contribution in [0, 0.1) is 0 Å². The molecular weight excluding hydrogens is 344 g/mol. The molecule has 3 rings (SSSR count). The first-order valence-corrected chi connectivity index (χ1v) is 9.18. The molecule has 7 N–H and O–H groups in total. The summed E-state index contributed by atoms with van der Waals surface area (Å²) < 4.78 is 0. The van der Waals surface area contributed by atoms with Crippen LogP contribution in [0.15, 0.2) is 31.0 Å². The number of rotatable bonds is 6. The first-order valence-electron chi connectivity index (χ1n) is 9.18. The lowest BCUT2D eigenvalue weighted by Gasteiger charge is -2.39. The van der Waals surface area contributed by atoms with E-state index in [0.29, 0.717) is 30.8 Å². The highest BCUT2D eigenvalue weighted by Gasteiger charge is 2.39. The zero-order chi connectivity index (χ0) is 19.4. The van der Waals surface area contributed by atoms with Crippen LogP contribution in [0.25, 0.3) is 0 Å². The van der Waals surface area contributed by atoms with E-state index < -0.39 is 0 Å². The minimum Gasteiger partial charge on any atom is -0.393 e. The summed E-state index contributed by atoms with van der Waals surface area (Å²) in [6.45, 7) is 10.3. The smallest absolute Gasteiger partial charge is 0.222 e. The van der Waals surface area contributed by atoms with Gasteiger partial charge in [0.05, 0.1) is 11.4 Å². The number of likely N-dealkylation sites (tertiary alicyclic amines) is 1. The van der Waals surface area contributed by atoms with Crippen LogP contribution >= 0.6 is 0 Å². The molecule has 1 amide bonds. The summed E-state index contributed by atoms with van der Waals surface area (Å²) in [5, 5.41) is 9.71. The van der Waals surface area contributed by atoms with Crippen LogP contribution < -0.4 is 27.4 Å². The number of anilines is 3. The Morgan fingerprint density at radius 1 is 1.30 bits per heavy atom. The Bertz CT molecular complexity index is 739. The van der Waals surface area contributed by atoms with Crippen LogP contribution in [0.2, 0.25) is 0 Å². The molecule has 2 saturated heterocycles. The van der Waals surface area contributed by atoms with E-state index in [2.05, 4.69) is 39.1 Å². The van der Waals surface area contributed by atoms with Crippen molar-refractivity contribution in [2.75, 3.05) is 36.4 Å². The van der Waals surface area contributed by atoms with Gasteiger partial charge in [0.25, 0.3) is 0 Å². The number of allylic oxidation sites excluding steroid dienone is 1. The third kappa shape index (κ3) is 4.42. The second-order valence-electron chi connectivity index (χ2n) is 7.22. The van der Waals surface area contributed by atoms with Gasteiger partial charge < -0.3 is 32.3 Å². The molecular formula is C18H28N8O. The molecule has 2 aliphatic rings. The van der Waals surface area contributed by atoms with Crippen LogP contribution in [0.3, 0.4) is 0 Å². The number of carbonyl (C=O) groups excluding carboxylic acids is 1. The Labute approximate surface area is 159 Å². The molecule has 0 aliphatic carbocycles. The number of nitrogens with two attached hydrogens (primary N) is 2. The SMILES string of the molecule is C=C(CCCC(=O)N1CCC2(CC1)CNC(=C)N2)Nc1ncnc(N)c1N. The molecule has 1 aromatic heterocycles. The first kappa shape index (κ1) is 18.8. The monoisotopic (exact) mass is 372 g/mol. The van der Waals surface area contributed by atoms with Crippen LogP contribution in [0.1, 0.15) is 32.1 Å². The van der Waals surface area contributed by atoms with E-state index in [1.807, 2.05) is 4.90 Å².